The Morgan fingerprint density at radius 3 is 3.00 bits per heavy atom. The van der Waals surface area contributed by atoms with E-state index in [9.17, 15) is 4.79 Å². The summed E-state index contributed by atoms with van der Waals surface area (Å²) in [6, 6.07) is 3.71. The number of carbonyl (C=O) groups is 1. The molecule has 0 bridgehead atoms. The van der Waals surface area contributed by atoms with Crippen LogP contribution in [0.15, 0.2) is 24.5 Å². The third-order valence-corrected chi connectivity index (χ3v) is 2.93. The zero-order chi connectivity index (χ0) is 15.5. The smallest absolute Gasteiger partial charge is 0.407 e. The zero-order valence-corrected chi connectivity index (χ0v) is 12.6. The number of hydrogen-bond acceptors (Lipinski definition) is 4. The summed E-state index contributed by atoms with van der Waals surface area (Å²) >= 11 is 0. The topological polar surface area (TPSA) is 93.0 Å². The lowest BCUT2D eigenvalue weighted by Crippen LogP contribution is -2.41. The molecule has 1 atom stereocenters. The highest BCUT2D eigenvalue weighted by Crippen LogP contribution is 2.16. The normalized spacial score (nSPS) is 13.1. The number of nitrogens with zero attached hydrogens (tertiary/aromatic N) is 1. The molecular weight excluding hydrogens is 268 g/mol. The minimum absolute atomic E-state index is 0.184. The van der Waals surface area contributed by atoms with Gasteiger partial charge in [-0.25, -0.2) is 9.78 Å². The predicted octanol–water partition coefficient (Wildman–Crippen LogP) is 1.96. The van der Waals surface area contributed by atoms with Crippen molar-refractivity contribution in [2.24, 2.45) is 5.73 Å². The van der Waals surface area contributed by atoms with Gasteiger partial charge >= 0.3 is 6.09 Å². The van der Waals surface area contributed by atoms with Gasteiger partial charge in [-0.3, -0.25) is 0 Å². The van der Waals surface area contributed by atoms with Crippen molar-refractivity contribution in [2.75, 3.05) is 6.54 Å². The third kappa shape index (κ3) is 4.46. The molecule has 0 aliphatic heterocycles. The van der Waals surface area contributed by atoms with Gasteiger partial charge < -0.3 is 20.8 Å². The highest BCUT2D eigenvalue weighted by Gasteiger charge is 2.17. The molecule has 0 spiro atoms. The van der Waals surface area contributed by atoms with Crippen LogP contribution in [0.5, 0.6) is 0 Å². The van der Waals surface area contributed by atoms with E-state index in [2.05, 4.69) is 15.3 Å². The zero-order valence-electron chi connectivity index (χ0n) is 12.6. The van der Waals surface area contributed by atoms with E-state index in [4.69, 9.17) is 10.5 Å². The van der Waals surface area contributed by atoms with Crippen LogP contribution in [0.4, 0.5) is 4.79 Å². The van der Waals surface area contributed by atoms with Crippen LogP contribution in [-0.2, 0) is 11.2 Å². The Labute approximate surface area is 124 Å². The molecule has 2 heterocycles. The van der Waals surface area contributed by atoms with E-state index in [1.54, 1.807) is 6.20 Å². The molecule has 0 radical (unpaired) electrons. The number of amides is 1. The van der Waals surface area contributed by atoms with Crippen molar-refractivity contribution in [3.05, 3.63) is 30.1 Å². The molecular formula is C15H22N4O2. The summed E-state index contributed by atoms with van der Waals surface area (Å²) < 4.78 is 5.17. The maximum absolute atomic E-state index is 11.6. The first-order valence-electron chi connectivity index (χ1n) is 6.98. The average Bonchev–Trinajstić information content (AvgIpc) is 2.78. The molecule has 0 fully saturated rings. The van der Waals surface area contributed by atoms with Gasteiger partial charge in [-0.1, -0.05) is 0 Å². The van der Waals surface area contributed by atoms with Crippen LogP contribution in [0, 0.1) is 0 Å². The van der Waals surface area contributed by atoms with Gasteiger partial charge in [0.1, 0.15) is 11.2 Å². The van der Waals surface area contributed by atoms with Crippen molar-refractivity contribution in [3.8, 4) is 0 Å². The number of H-pyrrole nitrogens is 1. The number of carbonyl (C=O) groups excluding carboxylic acids is 1. The molecule has 2 aromatic rings. The van der Waals surface area contributed by atoms with Crippen LogP contribution in [0.3, 0.4) is 0 Å². The van der Waals surface area contributed by atoms with E-state index in [1.807, 2.05) is 39.1 Å². The van der Waals surface area contributed by atoms with E-state index in [1.165, 1.54) is 0 Å². The number of alkyl carbamates (subject to hydrolysis) is 1. The Bertz CT molecular complexity index is 615. The van der Waals surface area contributed by atoms with Crippen molar-refractivity contribution in [3.63, 3.8) is 0 Å². The Morgan fingerprint density at radius 2 is 2.29 bits per heavy atom. The fourth-order valence-corrected chi connectivity index (χ4v) is 2.06. The van der Waals surface area contributed by atoms with Crippen LogP contribution in [-0.4, -0.2) is 34.2 Å². The number of nitrogens with two attached hydrogens (primary N) is 1. The number of ether oxygens (including phenoxy) is 1. The van der Waals surface area contributed by atoms with Gasteiger partial charge in [-0.05, 0) is 44.9 Å². The Balaban J connectivity index is 1.87. The molecule has 0 saturated carbocycles. The fraction of sp³-hybridized carbons (Fsp3) is 0.467. The standard InChI is InChI=1S/C15H22N4O2/c1-15(2,3)21-14(20)19-9-11(16)7-10-8-18-13-12(10)5-4-6-17-13/h4-6,8,11H,7,9,16H2,1-3H3,(H,17,18)(H,19,20). The van der Waals surface area contributed by atoms with E-state index in [0.717, 1.165) is 16.6 Å². The molecule has 6 heteroatoms. The van der Waals surface area contributed by atoms with Gasteiger partial charge in [0.2, 0.25) is 0 Å². The maximum atomic E-state index is 11.6. The summed E-state index contributed by atoms with van der Waals surface area (Å²) in [7, 11) is 0. The lowest BCUT2D eigenvalue weighted by molar-refractivity contribution is 0.0524. The van der Waals surface area contributed by atoms with E-state index in [-0.39, 0.29) is 6.04 Å². The quantitative estimate of drug-likeness (QED) is 0.802. The number of nitrogens with one attached hydrogen (secondary N) is 2. The molecule has 0 aromatic carbocycles. The van der Waals surface area contributed by atoms with E-state index >= 15 is 0 Å². The molecule has 1 unspecified atom stereocenters. The number of fused-ring (bicyclic) bond motifs is 1. The van der Waals surface area contributed by atoms with Crippen LogP contribution < -0.4 is 11.1 Å². The molecule has 0 aliphatic carbocycles. The number of aromatic nitrogens is 2. The summed E-state index contributed by atoms with van der Waals surface area (Å²) in [5.74, 6) is 0. The van der Waals surface area contributed by atoms with Crippen LogP contribution in [0.2, 0.25) is 0 Å². The van der Waals surface area contributed by atoms with Crippen molar-refractivity contribution in [1.29, 1.82) is 0 Å². The second-order valence-electron chi connectivity index (χ2n) is 6.06. The first kappa shape index (κ1) is 15.3. The van der Waals surface area contributed by atoms with Gasteiger partial charge in [0.05, 0.1) is 0 Å². The number of pyridine rings is 1. The minimum Gasteiger partial charge on any atom is -0.444 e. The van der Waals surface area contributed by atoms with Crippen LogP contribution in [0.1, 0.15) is 26.3 Å². The number of hydrogen-bond donors (Lipinski definition) is 3. The van der Waals surface area contributed by atoms with E-state index in [0.29, 0.717) is 13.0 Å². The van der Waals surface area contributed by atoms with Gasteiger partial charge in [-0.15, -0.1) is 0 Å². The number of rotatable bonds is 4. The highest BCUT2D eigenvalue weighted by atomic mass is 16.6. The highest BCUT2D eigenvalue weighted by molar-refractivity contribution is 5.79. The summed E-state index contributed by atoms with van der Waals surface area (Å²) in [5, 5.41) is 3.75. The van der Waals surface area contributed by atoms with Crippen LogP contribution >= 0.6 is 0 Å². The Hall–Kier alpha value is -2.08. The van der Waals surface area contributed by atoms with Gasteiger partial charge in [-0.2, -0.15) is 0 Å². The summed E-state index contributed by atoms with van der Waals surface area (Å²) in [6.45, 7) is 5.84. The Kier molecular flexibility index (Phi) is 4.47. The molecule has 21 heavy (non-hydrogen) atoms. The fourth-order valence-electron chi connectivity index (χ4n) is 2.06. The molecule has 0 aliphatic rings. The van der Waals surface area contributed by atoms with Gasteiger partial charge in [0.25, 0.3) is 0 Å². The molecule has 4 N–H and O–H groups in total. The van der Waals surface area contributed by atoms with Crippen molar-refractivity contribution < 1.29 is 9.53 Å². The largest absolute Gasteiger partial charge is 0.444 e. The van der Waals surface area contributed by atoms with E-state index < -0.39 is 11.7 Å². The molecule has 114 valence electrons. The first-order chi connectivity index (χ1) is 9.85. The predicted molar refractivity (Wildman–Crippen MR) is 82.0 cm³/mol. The van der Waals surface area contributed by atoms with Gasteiger partial charge in [0, 0.05) is 30.4 Å². The molecule has 2 aromatic heterocycles. The summed E-state index contributed by atoms with van der Waals surface area (Å²) in [5.41, 5.74) is 7.50. The summed E-state index contributed by atoms with van der Waals surface area (Å²) in [4.78, 5) is 18.9. The first-order valence-corrected chi connectivity index (χ1v) is 6.98. The molecule has 2 rings (SSSR count). The van der Waals surface area contributed by atoms with Crippen LogP contribution in [0.25, 0.3) is 11.0 Å². The Morgan fingerprint density at radius 1 is 1.52 bits per heavy atom. The number of aromatic amines is 1. The van der Waals surface area contributed by atoms with Crippen molar-refractivity contribution in [1.82, 2.24) is 15.3 Å². The lowest BCUT2D eigenvalue weighted by Gasteiger charge is -2.20. The average molecular weight is 290 g/mol. The lowest BCUT2D eigenvalue weighted by atomic mass is 10.1. The molecule has 0 saturated heterocycles. The minimum atomic E-state index is -0.503. The second kappa shape index (κ2) is 6.13. The second-order valence-corrected chi connectivity index (χ2v) is 6.06. The molecule has 6 nitrogen and oxygen atoms in total. The maximum Gasteiger partial charge on any atom is 0.407 e. The SMILES string of the molecule is CC(C)(C)OC(=O)NCC(N)Cc1c[nH]c2ncccc12. The summed E-state index contributed by atoms with van der Waals surface area (Å²) in [6.07, 6.45) is 3.86. The monoisotopic (exact) mass is 290 g/mol. The third-order valence-electron chi connectivity index (χ3n) is 2.93. The molecule has 1 amide bonds. The van der Waals surface area contributed by atoms with Crippen molar-refractivity contribution >= 4 is 17.1 Å². The van der Waals surface area contributed by atoms with Crippen molar-refractivity contribution in [2.45, 2.75) is 38.8 Å². The van der Waals surface area contributed by atoms with Gasteiger partial charge in [0.15, 0.2) is 0 Å².